The average molecular weight is 249 g/mol. The van der Waals surface area contributed by atoms with Crippen molar-refractivity contribution in [1.29, 1.82) is 0 Å². The molecular weight excluding hydrogens is 226 g/mol. The van der Waals surface area contributed by atoms with Crippen molar-refractivity contribution in [3.05, 3.63) is 29.8 Å². The average Bonchev–Trinajstić information content (AvgIpc) is 2.38. The molecule has 18 heavy (non-hydrogen) atoms. The van der Waals surface area contributed by atoms with Gasteiger partial charge >= 0.3 is 0 Å². The molecule has 4 atom stereocenters. The van der Waals surface area contributed by atoms with Crippen LogP contribution >= 0.6 is 0 Å². The second-order valence-corrected chi connectivity index (χ2v) is 5.10. The first-order valence-corrected chi connectivity index (χ1v) is 6.71. The number of nitrogens with two attached hydrogens (primary N) is 1. The minimum Gasteiger partial charge on any atom is -0.487 e. The van der Waals surface area contributed by atoms with Crippen LogP contribution in [-0.2, 0) is 4.74 Å². The molecule has 4 unspecified atom stereocenters. The van der Waals surface area contributed by atoms with E-state index in [9.17, 15) is 0 Å². The Balaban J connectivity index is 2.10. The maximum absolute atomic E-state index is 6.07. The van der Waals surface area contributed by atoms with Gasteiger partial charge in [0, 0.05) is 19.6 Å². The van der Waals surface area contributed by atoms with Gasteiger partial charge in [-0.05, 0) is 24.0 Å². The van der Waals surface area contributed by atoms with Gasteiger partial charge in [-0.3, -0.25) is 0 Å². The molecule has 2 rings (SSSR count). The highest BCUT2D eigenvalue weighted by Crippen LogP contribution is 2.33. The third kappa shape index (κ3) is 2.52. The third-order valence-electron chi connectivity index (χ3n) is 3.91. The van der Waals surface area contributed by atoms with Crippen LogP contribution < -0.4 is 10.5 Å². The molecule has 1 aliphatic rings. The Morgan fingerprint density at radius 2 is 2.11 bits per heavy atom. The molecule has 1 aromatic carbocycles. The van der Waals surface area contributed by atoms with Crippen LogP contribution in [0.25, 0.3) is 0 Å². The summed E-state index contributed by atoms with van der Waals surface area (Å²) in [5.41, 5.74) is 7.17. The molecule has 0 bridgehead atoms. The Bertz CT molecular complexity index is 394. The lowest BCUT2D eigenvalue weighted by Crippen LogP contribution is -2.59. The van der Waals surface area contributed by atoms with Crippen molar-refractivity contribution in [2.24, 2.45) is 5.73 Å². The van der Waals surface area contributed by atoms with Crippen molar-refractivity contribution in [2.45, 2.75) is 50.9 Å². The fourth-order valence-corrected chi connectivity index (χ4v) is 2.44. The first kappa shape index (κ1) is 13.4. The summed E-state index contributed by atoms with van der Waals surface area (Å²) < 4.78 is 11.4. The van der Waals surface area contributed by atoms with Crippen molar-refractivity contribution < 1.29 is 9.47 Å². The molecule has 0 radical (unpaired) electrons. The summed E-state index contributed by atoms with van der Waals surface area (Å²) >= 11 is 0. The quantitative estimate of drug-likeness (QED) is 0.872. The van der Waals surface area contributed by atoms with Crippen molar-refractivity contribution in [3.8, 4) is 5.75 Å². The van der Waals surface area contributed by atoms with Gasteiger partial charge in [0.2, 0.25) is 0 Å². The minimum atomic E-state index is 0.0231. The SMILES string of the molecule is CCC(C)c1ccccc1OC1CC(N)C1OC. The first-order valence-electron chi connectivity index (χ1n) is 6.71. The van der Waals surface area contributed by atoms with E-state index in [-0.39, 0.29) is 18.2 Å². The van der Waals surface area contributed by atoms with Gasteiger partial charge in [-0.15, -0.1) is 0 Å². The summed E-state index contributed by atoms with van der Waals surface area (Å²) in [4.78, 5) is 0. The standard InChI is InChI=1S/C15H23NO2/c1-4-10(2)11-7-5-6-8-13(11)18-14-9-12(16)15(14)17-3/h5-8,10,12,14-15H,4,9,16H2,1-3H3. The van der Waals surface area contributed by atoms with Crippen molar-refractivity contribution in [3.63, 3.8) is 0 Å². The maximum Gasteiger partial charge on any atom is 0.128 e. The molecule has 1 aliphatic carbocycles. The summed E-state index contributed by atoms with van der Waals surface area (Å²) in [6, 6.07) is 8.37. The molecule has 3 nitrogen and oxygen atoms in total. The summed E-state index contributed by atoms with van der Waals surface area (Å²) in [7, 11) is 1.70. The van der Waals surface area contributed by atoms with Gasteiger partial charge in [0.1, 0.15) is 18.0 Å². The van der Waals surface area contributed by atoms with Crippen molar-refractivity contribution in [2.75, 3.05) is 7.11 Å². The highest BCUT2D eigenvalue weighted by molar-refractivity contribution is 5.36. The minimum absolute atomic E-state index is 0.0231. The zero-order valence-corrected chi connectivity index (χ0v) is 11.4. The number of methoxy groups -OCH3 is 1. The lowest BCUT2D eigenvalue weighted by Gasteiger charge is -2.41. The molecule has 1 fully saturated rings. The van der Waals surface area contributed by atoms with Crippen LogP contribution in [0.5, 0.6) is 5.75 Å². The molecule has 0 aromatic heterocycles. The Morgan fingerprint density at radius 3 is 2.72 bits per heavy atom. The first-order chi connectivity index (χ1) is 8.67. The van der Waals surface area contributed by atoms with E-state index in [1.807, 2.05) is 12.1 Å². The van der Waals surface area contributed by atoms with Gasteiger partial charge in [0.05, 0.1) is 0 Å². The van der Waals surface area contributed by atoms with E-state index in [4.69, 9.17) is 15.2 Å². The maximum atomic E-state index is 6.07. The normalized spacial score (nSPS) is 28.6. The third-order valence-corrected chi connectivity index (χ3v) is 3.91. The topological polar surface area (TPSA) is 44.5 Å². The van der Waals surface area contributed by atoms with Crippen LogP contribution in [-0.4, -0.2) is 25.4 Å². The fraction of sp³-hybridized carbons (Fsp3) is 0.600. The lowest BCUT2D eigenvalue weighted by molar-refractivity contribution is -0.0786. The predicted octanol–water partition coefficient (Wildman–Crippen LogP) is 2.69. The summed E-state index contributed by atoms with van der Waals surface area (Å²) in [5.74, 6) is 1.49. The van der Waals surface area contributed by atoms with Crippen LogP contribution in [0.4, 0.5) is 0 Å². The second kappa shape index (κ2) is 5.72. The van der Waals surface area contributed by atoms with Crippen molar-refractivity contribution >= 4 is 0 Å². The Labute approximate surface area is 109 Å². The molecule has 0 amide bonds. The molecule has 2 N–H and O–H groups in total. The Kier molecular flexibility index (Phi) is 4.25. The van der Waals surface area contributed by atoms with E-state index in [2.05, 4.69) is 26.0 Å². The van der Waals surface area contributed by atoms with Gasteiger partial charge in [0.15, 0.2) is 0 Å². The van der Waals surface area contributed by atoms with Crippen LogP contribution in [0.1, 0.15) is 38.2 Å². The predicted molar refractivity (Wildman–Crippen MR) is 73.0 cm³/mol. The van der Waals surface area contributed by atoms with Gasteiger partial charge in [0.25, 0.3) is 0 Å². The van der Waals surface area contributed by atoms with E-state index in [1.54, 1.807) is 7.11 Å². The van der Waals surface area contributed by atoms with E-state index in [0.29, 0.717) is 5.92 Å². The second-order valence-electron chi connectivity index (χ2n) is 5.10. The van der Waals surface area contributed by atoms with Gasteiger partial charge in [-0.25, -0.2) is 0 Å². The molecular formula is C15H23NO2. The molecule has 0 saturated heterocycles. The van der Waals surface area contributed by atoms with E-state index < -0.39 is 0 Å². The summed E-state index contributed by atoms with van der Waals surface area (Å²) in [6.45, 7) is 4.42. The number of para-hydroxylation sites is 1. The van der Waals surface area contributed by atoms with Crippen LogP contribution in [0.2, 0.25) is 0 Å². The van der Waals surface area contributed by atoms with Gasteiger partial charge < -0.3 is 15.2 Å². The van der Waals surface area contributed by atoms with E-state index in [1.165, 1.54) is 5.56 Å². The largest absolute Gasteiger partial charge is 0.487 e. The van der Waals surface area contributed by atoms with Gasteiger partial charge in [-0.1, -0.05) is 32.0 Å². The molecule has 0 aliphatic heterocycles. The fourth-order valence-electron chi connectivity index (χ4n) is 2.44. The number of rotatable bonds is 5. The van der Waals surface area contributed by atoms with Gasteiger partial charge in [-0.2, -0.15) is 0 Å². The van der Waals surface area contributed by atoms with Crippen LogP contribution in [0.3, 0.4) is 0 Å². The molecule has 0 heterocycles. The molecule has 0 spiro atoms. The Hall–Kier alpha value is -1.06. The molecule has 1 saturated carbocycles. The number of ether oxygens (including phenoxy) is 2. The number of hydrogen-bond acceptors (Lipinski definition) is 3. The van der Waals surface area contributed by atoms with Crippen molar-refractivity contribution in [1.82, 2.24) is 0 Å². The highest BCUT2D eigenvalue weighted by Gasteiger charge is 2.41. The number of benzene rings is 1. The zero-order chi connectivity index (χ0) is 13.1. The molecule has 1 aromatic rings. The number of hydrogen-bond donors (Lipinski definition) is 1. The Morgan fingerprint density at radius 1 is 1.39 bits per heavy atom. The lowest BCUT2D eigenvalue weighted by atomic mass is 9.86. The van der Waals surface area contributed by atoms with E-state index >= 15 is 0 Å². The molecule has 3 heteroatoms. The van der Waals surface area contributed by atoms with Crippen LogP contribution in [0.15, 0.2) is 24.3 Å². The smallest absolute Gasteiger partial charge is 0.128 e. The molecule has 100 valence electrons. The highest BCUT2D eigenvalue weighted by atomic mass is 16.5. The summed E-state index contributed by atoms with van der Waals surface area (Å²) in [5, 5.41) is 0. The zero-order valence-electron chi connectivity index (χ0n) is 11.4. The van der Waals surface area contributed by atoms with Crippen LogP contribution in [0, 0.1) is 0 Å². The van der Waals surface area contributed by atoms with E-state index in [0.717, 1.165) is 18.6 Å². The monoisotopic (exact) mass is 249 g/mol. The summed E-state index contributed by atoms with van der Waals surface area (Å²) in [6.07, 6.45) is 2.09.